The minimum Gasteiger partial charge on any atom is -0.410 e. The van der Waals surface area contributed by atoms with Crippen LogP contribution in [0, 0.1) is 5.82 Å². The molecule has 0 aromatic heterocycles. The van der Waals surface area contributed by atoms with Crippen LogP contribution in [-0.4, -0.2) is 12.6 Å². The van der Waals surface area contributed by atoms with E-state index in [-0.39, 0.29) is 5.82 Å². The average Bonchev–Trinajstić information content (AvgIpc) is 2.67. The van der Waals surface area contributed by atoms with E-state index in [9.17, 15) is 9.18 Å². The zero-order valence-electron chi connectivity index (χ0n) is 14.8. The Kier molecular flexibility index (Phi) is 6.18. The maximum absolute atomic E-state index is 13.0. The zero-order valence-corrected chi connectivity index (χ0v) is 14.8. The van der Waals surface area contributed by atoms with E-state index in [2.05, 4.69) is 5.32 Å². The van der Waals surface area contributed by atoms with E-state index in [0.29, 0.717) is 30.8 Å². The second kappa shape index (κ2) is 8.96. The van der Waals surface area contributed by atoms with Gasteiger partial charge in [-0.25, -0.2) is 9.18 Å². The van der Waals surface area contributed by atoms with E-state index in [0.717, 1.165) is 16.7 Å². The molecule has 0 saturated heterocycles. The number of benzene rings is 3. The molecule has 3 aromatic carbocycles. The number of nitrogens with one attached hydrogen (secondary N) is 1. The highest BCUT2D eigenvalue weighted by Crippen LogP contribution is 2.19. The first-order valence-corrected chi connectivity index (χ1v) is 8.74. The standard InChI is InChI=1S/C22H21FN2O2/c23-19-9-5-16(6-10-19)15-17-7-11-20(12-8-17)25-22(26)27-21-4-2-1-3-18(21)13-14-24/h1-12H,13-15,24H2,(H,25,26). The Balaban J connectivity index is 1.59. The Morgan fingerprint density at radius 3 is 2.22 bits per heavy atom. The highest BCUT2D eigenvalue weighted by molar-refractivity contribution is 5.86. The predicted octanol–water partition coefficient (Wildman–Crippen LogP) is 4.53. The van der Waals surface area contributed by atoms with Crippen molar-refractivity contribution in [3.8, 4) is 5.75 Å². The summed E-state index contributed by atoms with van der Waals surface area (Å²) in [7, 11) is 0. The first kappa shape index (κ1) is 18.6. The van der Waals surface area contributed by atoms with Crippen molar-refractivity contribution in [3.05, 3.63) is 95.3 Å². The summed E-state index contributed by atoms with van der Waals surface area (Å²) in [5, 5.41) is 2.72. The number of para-hydroxylation sites is 1. The van der Waals surface area contributed by atoms with Gasteiger partial charge in [0.05, 0.1) is 0 Å². The number of carbonyl (C=O) groups is 1. The van der Waals surface area contributed by atoms with Crippen molar-refractivity contribution < 1.29 is 13.9 Å². The van der Waals surface area contributed by atoms with Crippen molar-refractivity contribution in [1.29, 1.82) is 0 Å². The molecule has 0 aliphatic carbocycles. The van der Waals surface area contributed by atoms with Gasteiger partial charge in [-0.1, -0.05) is 42.5 Å². The second-order valence-corrected chi connectivity index (χ2v) is 6.16. The smallest absolute Gasteiger partial charge is 0.410 e. The van der Waals surface area contributed by atoms with Crippen LogP contribution < -0.4 is 15.8 Å². The largest absolute Gasteiger partial charge is 0.417 e. The predicted molar refractivity (Wildman–Crippen MR) is 104 cm³/mol. The number of ether oxygens (including phenoxy) is 1. The fourth-order valence-electron chi connectivity index (χ4n) is 2.75. The van der Waals surface area contributed by atoms with Crippen LogP contribution in [0.15, 0.2) is 72.8 Å². The van der Waals surface area contributed by atoms with Crippen LogP contribution in [0.4, 0.5) is 14.9 Å². The molecule has 0 heterocycles. The lowest BCUT2D eigenvalue weighted by atomic mass is 10.0. The Bertz CT molecular complexity index is 893. The molecule has 0 fully saturated rings. The molecule has 138 valence electrons. The molecule has 4 nitrogen and oxygen atoms in total. The molecular weight excluding hydrogens is 343 g/mol. The minimum absolute atomic E-state index is 0.246. The molecule has 27 heavy (non-hydrogen) atoms. The van der Waals surface area contributed by atoms with E-state index in [1.54, 1.807) is 18.2 Å². The summed E-state index contributed by atoms with van der Waals surface area (Å²) in [4.78, 5) is 12.1. The second-order valence-electron chi connectivity index (χ2n) is 6.16. The third-order valence-electron chi connectivity index (χ3n) is 4.11. The first-order valence-electron chi connectivity index (χ1n) is 8.74. The summed E-state index contributed by atoms with van der Waals surface area (Å²) in [6.45, 7) is 0.484. The lowest BCUT2D eigenvalue weighted by molar-refractivity contribution is 0.214. The molecule has 0 radical (unpaired) electrons. The van der Waals surface area contributed by atoms with Crippen molar-refractivity contribution in [3.63, 3.8) is 0 Å². The maximum atomic E-state index is 13.0. The molecule has 5 heteroatoms. The quantitative estimate of drug-likeness (QED) is 0.675. The SMILES string of the molecule is NCCc1ccccc1OC(=O)Nc1ccc(Cc2ccc(F)cc2)cc1. The molecule has 0 atom stereocenters. The number of amides is 1. The molecule has 0 saturated carbocycles. The van der Waals surface area contributed by atoms with Crippen LogP contribution >= 0.6 is 0 Å². The van der Waals surface area contributed by atoms with Gasteiger partial charge in [-0.2, -0.15) is 0 Å². The molecule has 3 aromatic rings. The summed E-state index contributed by atoms with van der Waals surface area (Å²) in [6, 6.07) is 21.2. The third kappa shape index (κ3) is 5.39. The van der Waals surface area contributed by atoms with E-state index in [4.69, 9.17) is 10.5 Å². The van der Waals surface area contributed by atoms with Crippen LogP contribution in [-0.2, 0) is 12.8 Å². The van der Waals surface area contributed by atoms with Gasteiger partial charge in [-0.15, -0.1) is 0 Å². The van der Waals surface area contributed by atoms with Gasteiger partial charge in [0.25, 0.3) is 0 Å². The lowest BCUT2D eigenvalue weighted by Gasteiger charge is -2.11. The summed E-state index contributed by atoms with van der Waals surface area (Å²) in [5.74, 6) is 0.262. The number of rotatable bonds is 6. The molecule has 0 aliphatic rings. The molecule has 0 unspecified atom stereocenters. The minimum atomic E-state index is -0.550. The van der Waals surface area contributed by atoms with Crippen LogP contribution in [0.25, 0.3) is 0 Å². The van der Waals surface area contributed by atoms with Crippen molar-refractivity contribution in [2.24, 2.45) is 5.73 Å². The van der Waals surface area contributed by atoms with Crippen molar-refractivity contribution in [2.75, 3.05) is 11.9 Å². The average molecular weight is 364 g/mol. The highest BCUT2D eigenvalue weighted by Gasteiger charge is 2.09. The van der Waals surface area contributed by atoms with Gasteiger partial charge in [0.1, 0.15) is 11.6 Å². The molecule has 0 aliphatic heterocycles. The zero-order chi connectivity index (χ0) is 19.1. The van der Waals surface area contributed by atoms with Crippen LogP contribution in [0.1, 0.15) is 16.7 Å². The number of anilines is 1. The molecule has 3 rings (SSSR count). The molecular formula is C22H21FN2O2. The monoisotopic (exact) mass is 364 g/mol. The van der Waals surface area contributed by atoms with Gasteiger partial charge in [0.15, 0.2) is 0 Å². The highest BCUT2D eigenvalue weighted by atomic mass is 19.1. The number of hydrogen-bond acceptors (Lipinski definition) is 3. The van der Waals surface area contributed by atoms with Crippen molar-refractivity contribution >= 4 is 11.8 Å². The summed E-state index contributed by atoms with van der Waals surface area (Å²) < 4.78 is 18.4. The summed E-state index contributed by atoms with van der Waals surface area (Å²) in [5.41, 5.74) is 9.20. The fraction of sp³-hybridized carbons (Fsp3) is 0.136. The maximum Gasteiger partial charge on any atom is 0.417 e. The number of hydrogen-bond donors (Lipinski definition) is 2. The van der Waals surface area contributed by atoms with E-state index < -0.39 is 6.09 Å². The van der Waals surface area contributed by atoms with Gasteiger partial charge in [0, 0.05) is 5.69 Å². The van der Waals surface area contributed by atoms with Crippen LogP contribution in [0.2, 0.25) is 0 Å². The Labute approximate surface area is 157 Å². The number of halogens is 1. The van der Waals surface area contributed by atoms with Gasteiger partial charge in [-0.05, 0) is 66.4 Å². The van der Waals surface area contributed by atoms with Crippen LogP contribution in [0.3, 0.4) is 0 Å². The molecule has 3 N–H and O–H groups in total. The van der Waals surface area contributed by atoms with Gasteiger partial charge < -0.3 is 10.5 Å². The van der Waals surface area contributed by atoms with E-state index >= 15 is 0 Å². The van der Waals surface area contributed by atoms with Crippen molar-refractivity contribution in [1.82, 2.24) is 0 Å². The summed E-state index contributed by atoms with van der Waals surface area (Å²) >= 11 is 0. The van der Waals surface area contributed by atoms with Gasteiger partial charge in [0.2, 0.25) is 0 Å². The van der Waals surface area contributed by atoms with Gasteiger partial charge >= 0.3 is 6.09 Å². The Morgan fingerprint density at radius 2 is 1.56 bits per heavy atom. The normalized spacial score (nSPS) is 10.4. The number of carbonyl (C=O) groups excluding carboxylic acids is 1. The number of nitrogens with two attached hydrogens (primary N) is 1. The topological polar surface area (TPSA) is 64.3 Å². The fourth-order valence-corrected chi connectivity index (χ4v) is 2.75. The van der Waals surface area contributed by atoms with Gasteiger partial charge in [-0.3, -0.25) is 5.32 Å². The van der Waals surface area contributed by atoms with E-state index in [1.165, 1.54) is 12.1 Å². The lowest BCUT2D eigenvalue weighted by Crippen LogP contribution is -2.18. The Morgan fingerprint density at radius 1 is 0.926 bits per heavy atom. The molecule has 0 spiro atoms. The molecule has 0 bridgehead atoms. The molecule has 1 amide bonds. The van der Waals surface area contributed by atoms with Crippen LogP contribution in [0.5, 0.6) is 5.75 Å². The van der Waals surface area contributed by atoms with Crippen molar-refractivity contribution in [2.45, 2.75) is 12.8 Å². The first-order chi connectivity index (χ1) is 13.1. The summed E-state index contributed by atoms with van der Waals surface area (Å²) in [6.07, 6.45) is 0.782. The third-order valence-corrected chi connectivity index (χ3v) is 4.11. The van der Waals surface area contributed by atoms with E-state index in [1.807, 2.05) is 42.5 Å². The Hall–Kier alpha value is -3.18.